The van der Waals surface area contributed by atoms with Gasteiger partial charge in [0, 0.05) is 33.2 Å². The van der Waals surface area contributed by atoms with Crippen molar-refractivity contribution in [2.75, 3.05) is 32.1 Å². The molecule has 1 aliphatic rings. The number of methoxy groups -OCH3 is 1. The van der Waals surface area contributed by atoms with E-state index in [4.69, 9.17) is 9.47 Å². The summed E-state index contributed by atoms with van der Waals surface area (Å²) >= 11 is 0. The second-order valence-electron chi connectivity index (χ2n) is 6.93. The Kier molecular flexibility index (Phi) is 8.07. The van der Waals surface area contributed by atoms with Crippen LogP contribution in [0.25, 0.3) is 0 Å². The van der Waals surface area contributed by atoms with Crippen molar-refractivity contribution < 1.29 is 22.7 Å². The topological polar surface area (TPSA) is 84.9 Å². The molecule has 0 radical (unpaired) electrons. The Morgan fingerprint density at radius 1 is 1.22 bits per heavy atom. The average Bonchev–Trinajstić information content (AvgIpc) is 2.63. The minimum atomic E-state index is -3.58. The molecule has 1 fully saturated rings. The number of carbonyl (C=O) groups is 1. The normalized spacial score (nSPS) is 15.7. The summed E-state index contributed by atoms with van der Waals surface area (Å²) < 4.78 is 38.1. The van der Waals surface area contributed by atoms with E-state index in [-0.39, 0.29) is 23.3 Å². The number of piperidine rings is 1. The number of hydrogen-bond acceptors (Lipinski definition) is 5. The third kappa shape index (κ3) is 6.19. The van der Waals surface area contributed by atoms with Gasteiger partial charge >= 0.3 is 0 Å². The molecule has 0 unspecified atom stereocenters. The van der Waals surface area contributed by atoms with Gasteiger partial charge in [0.25, 0.3) is 0 Å². The largest absolute Gasteiger partial charge is 0.489 e. The molecule has 1 aliphatic heterocycles. The summed E-state index contributed by atoms with van der Waals surface area (Å²) in [5.41, 5.74) is 0.379. The van der Waals surface area contributed by atoms with Crippen molar-refractivity contribution in [2.24, 2.45) is 0 Å². The predicted molar refractivity (Wildman–Crippen MR) is 105 cm³/mol. The lowest BCUT2D eigenvalue weighted by Crippen LogP contribution is -2.35. The van der Waals surface area contributed by atoms with Crippen molar-refractivity contribution in [1.29, 1.82) is 0 Å². The summed E-state index contributed by atoms with van der Waals surface area (Å²) in [5.74, 6) is 0.260. The molecular weight excluding hydrogens is 368 g/mol. The smallest absolute Gasteiger partial charge is 0.243 e. The molecule has 0 saturated carbocycles. The van der Waals surface area contributed by atoms with Gasteiger partial charge in [-0.2, -0.15) is 4.31 Å². The quantitative estimate of drug-likeness (QED) is 0.647. The van der Waals surface area contributed by atoms with Gasteiger partial charge in [-0.1, -0.05) is 6.42 Å². The highest BCUT2D eigenvalue weighted by Crippen LogP contribution is 2.31. The van der Waals surface area contributed by atoms with E-state index < -0.39 is 10.0 Å². The number of benzene rings is 1. The predicted octanol–water partition coefficient (Wildman–Crippen LogP) is 3.01. The molecule has 0 aliphatic carbocycles. The Balaban J connectivity index is 2.25. The third-order valence-electron chi connectivity index (χ3n) is 4.29. The molecule has 2 rings (SSSR count). The van der Waals surface area contributed by atoms with Crippen LogP contribution < -0.4 is 10.1 Å². The van der Waals surface area contributed by atoms with E-state index in [9.17, 15) is 13.2 Å². The van der Waals surface area contributed by atoms with Crippen LogP contribution in [-0.4, -0.2) is 51.5 Å². The van der Waals surface area contributed by atoms with Crippen molar-refractivity contribution >= 4 is 21.6 Å². The van der Waals surface area contributed by atoms with E-state index >= 15 is 0 Å². The lowest BCUT2D eigenvalue weighted by molar-refractivity contribution is -0.116. The van der Waals surface area contributed by atoms with Crippen LogP contribution in [0.5, 0.6) is 5.75 Å². The summed E-state index contributed by atoms with van der Waals surface area (Å²) in [5, 5.41) is 2.79. The molecule has 0 spiro atoms. The molecule has 152 valence electrons. The molecule has 7 nitrogen and oxygen atoms in total. The van der Waals surface area contributed by atoms with Gasteiger partial charge in [-0.3, -0.25) is 4.79 Å². The summed E-state index contributed by atoms with van der Waals surface area (Å²) in [7, 11) is -2.00. The summed E-state index contributed by atoms with van der Waals surface area (Å²) in [6, 6.07) is 4.65. The Labute approximate surface area is 162 Å². The maximum atomic E-state index is 12.9. The average molecular weight is 399 g/mol. The van der Waals surface area contributed by atoms with E-state index in [0.717, 1.165) is 19.3 Å². The van der Waals surface area contributed by atoms with Crippen LogP contribution in [0.1, 0.15) is 46.0 Å². The lowest BCUT2D eigenvalue weighted by Gasteiger charge is -2.26. The minimum Gasteiger partial charge on any atom is -0.489 e. The molecule has 0 aromatic heterocycles. The van der Waals surface area contributed by atoms with Crippen LogP contribution in [-0.2, 0) is 19.6 Å². The molecule has 0 bridgehead atoms. The number of carbonyl (C=O) groups excluding carboxylic acids is 1. The minimum absolute atomic E-state index is 0.0984. The standard InChI is InChI=1S/C19H30N2O5S/c1-15(2)26-18-10-9-16(27(23,24)21-11-5-4-6-12-21)14-17(18)20-19(22)8-7-13-25-3/h9-10,14-15H,4-8,11-13H2,1-3H3,(H,20,22). The van der Waals surface area contributed by atoms with Crippen molar-refractivity contribution in [3.05, 3.63) is 18.2 Å². The van der Waals surface area contributed by atoms with Gasteiger partial charge in [0.2, 0.25) is 15.9 Å². The first-order chi connectivity index (χ1) is 12.8. The van der Waals surface area contributed by atoms with Gasteiger partial charge in [-0.05, 0) is 51.3 Å². The summed E-state index contributed by atoms with van der Waals surface area (Å²) in [6.45, 7) is 5.31. The maximum absolute atomic E-state index is 12.9. The number of nitrogens with zero attached hydrogens (tertiary/aromatic N) is 1. The van der Waals surface area contributed by atoms with Crippen LogP contribution in [0.3, 0.4) is 0 Å². The Morgan fingerprint density at radius 3 is 2.56 bits per heavy atom. The van der Waals surface area contributed by atoms with Crippen molar-refractivity contribution in [1.82, 2.24) is 4.31 Å². The van der Waals surface area contributed by atoms with Gasteiger partial charge in [-0.15, -0.1) is 0 Å². The highest BCUT2D eigenvalue weighted by atomic mass is 32.2. The SMILES string of the molecule is COCCCC(=O)Nc1cc(S(=O)(=O)N2CCCCC2)ccc1OC(C)C. The van der Waals surface area contributed by atoms with E-state index in [0.29, 0.717) is 37.6 Å². The van der Waals surface area contributed by atoms with Crippen LogP contribution in [0, 0.1) is 0 Å². The van der Waals surface area contributed by atoms with Crippen LogP contribution >= 0.6 is 0 Å². The highest BCUT2D eigenvalue weighted by Gasteiger charge is 2.27. The summed E-state index contributed by atoms with van der Waals surface area (Å²) in [4.78, 5) is 12.4. The molecule has 27 heavy (non-hydrogen) atoms. The number of hydrogen-bond donors (Lipinski definition) is 1. The number of sulfonamides is 1. The van der Waals surface area contributed by atoms with Crippen LogP contribution in [0.2, 0.25) is 0 Å². The molecule has 0 atom stereocenters. The third-order valence-corrected chi connectivity index (χ3v) is 6.19. The van der Waals surface area contributed by atoms with Crippen LogP contribution in [0.15, 0.2) is 23.1 Å². The van der Waals surface area contributed by atoms with Gasteiger partial charge in [0.1, 0.15) is 5.75 Å². The number of anilines is 1. The fourth-order valence-corrected chi connectivity index (χ4v) is 4.51. The van der Waals surface area contributed by atoms with Gasteiger partial charge in [0.15, 0.2) is 0 Å². The molecule has 1 heterocycles. The molecule has 1 saturated heterocycles. The van der Waals surface area contributed by atoms with Crippen LogP contribution in [0.4, 0.5) is 5.69 Å². The summed E-state index contributed by atoms with van der Waals surface area (Å²) in [6.07, 6.45) is 3.58. The van der Waals surface area contributed by atoms with Gasteiger partial charge < -0.3 is 14.8 Å². The number of amides is 1. The molecule has 1 amide bonds. The fraction of sp³-hybridized carbons (Fsp3) is 0.632. The van der Waals surface area contributed by atoms with Crippen molar-refractivity contribution in [3.63, 3.8) is 0 Å². The van der Waals surface area contributed by atoms with E-state index in [1.54, 1.807) is 19.2 Å². The second kappa shape index (κ2) is 10.1. The first kappa shape index (κ1) is 21.7. The maximum Gasteiger partial charge on any atom is 0.243 e. The molecule has 8 heteroatoms. The number of ether oxygens (including phenoxy) is 2. The zero-order chi connectivity index (χ0) is 19.9. The number of rotatable bonds is 9. The molecule has 1 aromatic carbocycles. The lowest BCUT2D eigenvalue weighted by atomic mass is 10.2. The Hall–Kier alpha value is -1.64. The Morgan fingerprint density at radius 2 is 1.93 bits per heavy atom. The zero-order valence-corrected chi connectivity index (χ0v) is 17.2. The first-order valence-electron chi connectivity index (χ1n) is 9.44. The zero-order valence-electron chi connectivity index (χ0n) is 16.4. The van der Waals surface area contributed by atoms with E-state index in [2.05, 4.69) is 5.32 Å². The van der Waals surface area contributed by atoms with Gasteiger partial charge in [0.05, 0.1) is 16.7 Å². The van der Waals surface area contributed by atoms with Crippen molar-refractivity contribution in [3.8, 4) is 5.75 Å². The highest BCUT2D eigenvalue weighted by molar-refractivity contribution is 7.89. The first-order valence-corrected chi connectivity index (χ1v) is 10.9. The van der Waals surface area contributed by atoms with E-state index in [1.165, 1.54) is 10.4 Å². The molecule has 1 N–H and O–H groups in total. The van der Waals surface area contributed by atoms with E-state index in [1.807, 2.05) is 13.8 Å². The number of nitrogens with one attached hydrogen (secondary N) is 1. The van der Waals surface area contributed by atoms with Crippen molar-refractivity contribution in [2.45, 2.75) is 57.0 Å². The molecule has 1 aromatic rings. The fourth-order valence-electron chi connectivity index (χ4n) is 2.97. The molecular formula is C19H30N2O5S. The second-order valence-corrected chi connectivity index (χ2v) is 8.87. The van der Waals surface area contributed by atoms with Gasteiger partial charge in [-0.25, -0.2) is 8.42 Å². The Bertz CT molecular complexity index is 728. The monoisotopic (exact) mass is 398 g/mol.